The fraction of sp³-hybridized carbons (Fsp3) is 0.308. The second kappa shape index (κ2) is 6.13. The molecule has 1 aromatic carbocycles. The number of halogens is 4. The molecule has 21 heavy (non-hydrogen) atoms. The zero-order valence-corrected chi connectivity index (χ0v) is 10.8. The van der Waals surface area contributed by atoms with Crippen LogP contribution in [0.15, 0.2) is 36.7 Å². The largest absolute Gasteiger partial charge is 0.416 e. The zero-order valence-electron chi connectivity index (χ0n) is 10.8. The normalized spacial score (nSPS) is 13.2. The monoisotopic (exact) mass is 303 g/mol. The number of rotatable bonds is 5. The predicted molar refractivity (Wildman–Crippen MR) is 68.1 cm³/mol. The van der Waals surface area contributed by atoms with Crippen molar-refractivity contribution in [2.24, 2.45) is 0 Å². The van der Waals surface area contributed by atoms with E-state index in [4.69, 9.17) is 0 Å². The third-order valence-electron chi connectivity index (χ3n) is 2.78. The number of anilines is 1. The second-order valence-electron chi connectivity index (χ2n) is 4.46. The standard InChI is InChI=1S/C13H13F4N3O/c14-11-3-2-9(13(15,16)17)6-12(11)18-7-10(21)8-20-5-1-4-19-20/h1-6,10,18,21H,7-8H2. The smallest absolute Gasteiger partial charge is 0.389 e. The van der Waals surface area contributed by atoms with Crippen molar-refractivity contribution in [3.63, 3.8) is 0 Å². The highest BCUT2D eigenvalue weighted by atomic mass is 19.4. The lowest BCUT2D eigenvalue weighted by Gasteiger charge is -2.15. The van der Waals surface area contributed by atoms with Crippen molar-refractivity contribution in [3.8, 4) is 0 Å². The fourth-order valence-electron chi connectivity index (χ4n) is 1.75. The summed E-state index contributed by atoms with van der Waals surface area (Å²) in [6.45, 7) is 0.0542. The Morgan fingerprint density at radius 3 is 2.71 bits per heavy atom. The number of aliphatic hydroxyl groups is 1. The molecule has 8 heteroatoms. The number of aliphatic hydroxyl groups excluding tert-OH is 1. The molecule has 0 fully saturated rings. The summed E-state index contributed by atoms with van der Waals surface area (Å²) >= 11 is 0. The molecular formula is C13H13F4N3O. The number of benzene rings is 1. The van der Waals surface area contributed by atoms with Gasteiger partial charge in [-0.15, -0.1) is 0 Å². The Morgan fingerprint density at radius 1 is 1.33 bits per heavy atom. The van der Waals surface area contributed by atoms with E-state index in [-0.39, 0.29) is 18.8 Å². The lowest BCUT2D eigenvalue weighted by Crippen LogP contribution is -2.25. The van der Waals surface area contributed by atoms with Gasteiger partial charge in [-0.05, 0) is 24.3 Å². The highest BCUT2D eigenvalue weighted by molar-refractivity contribution is 5.48. The van der Waals surface area contributed by atoms with E-state index in [1.807, 2.05) is 0 Å². The molecule has 0 amide bonds. The maximum atomic E-state index is 13.5. The molecule has 0 aliphatic carbocycles. The Morgan fingerprint density at radius 2 is 2.10 bits per heavy atom. The number of nitrogens with one attached hydrogen (secondary N) is 1. The molecule has 1 unspecified atom stereocenters. The van der Waals surface area contributed by atoms with Crippen LogP contribution >= 0.6 is 0 Å². The molecule has 0 saturated carbocycles. The summed E-state index contributed by atoms with van der Waals surface area (Å²) in [6.07, 6.45) is -2.29. The average Bonchev–Trinajstić information content (AvgIpc) is 2.89. The van der Waals surface area contributed by atoms with Crippen molar-refractivity contribution in [2.45, 2.75) is 18.8 Å². The predicted octanol–water partition coefficient (Wildman–Crippen LogP) is 2.51. The van der Waals surface area contributed by atoms with E-state index < -0.39 is 23.7 Å². The first-order valence-electron chi connectivity index (χ1n) is 6.12. The summed E-state index contributed by atoms with van der Waals surface area (Å²) in [7, 11) is 0. The fourth-order valence-corrected chi connectivity index (χ4v) is 1.75. The molecule has 2 N–H and O–H groups in total. The van der Waals surface area contributed by atoms with Crippen LogP contribution in [0.4, 0.5) is 23.2 Å². The van der Waals surface area contributed by atoms with Gasteiger partial charge in [-0.3, -0.25) is 4.68 Å². The third-order valence-corrected chi connectivity index (χ3v) is 2.78. The van der Waals surface area contributed by atoms with E-state index in [1.165, 1.54) is 10.9 Å². The van der Waals surface area contributed by atoms with Gasteiger partial charge in [-0.25, -0.2) is 4.39 Å². The van der Waals surface area contributed by atoms with Gasteiger partial charge in [0.15, 0.2) is 0 Å². The topological polar surface area (TPSA) is 50.1 Å². The summed E-state index contributed by atoms with van der Waals surface area (Å²) < 4.78 is 52.5. The average molecular weight is 303 g/mol. The molecule has 114 valence electrons. The van der Waals surface area contributed by atoms with Gasteiger partial charge in [0.05, 0.1) is 23.9 Å². The minimum atomic E-state index is -4.54. The van der Waals surface area contributed by atoms with Crippen LogP contribution in [-0.4, -0.2) is 27.5 Å². The zero-order chi connectivity index (χ0) is 15.5. The Labute approximate surface area is 118 Å². The van der Waals surface area contributed by atoms with Gasteiger partial charge >= 0.3 is 6.18 Å². The Bertz CT molecular complexity index is 584. The minimum Gasteiger partial charge on any atom is -0.389 e. The maximum Gasteiger partial charge on any atom is 0.416 e. The van der Waals surface area contributed by atoms with E-state index in [0.717, 1.165) is 6.07 Å². The summed E-state index contributed by atoms with van der Waals surface area (Å²) in [4.78, 5) is 0. The van der Waals surface area contributed by atoms with Gasteiger partial charge in [-0.1, -0.05) is 0 Å². The van der Waals surface area contributed by atoms with Crippen LogP contribution in [0.25, 0.3) is 0 Å². The van der Waals surface area contributed by atoms with E-state index in [1.54, 1.807) is 12.3 Å². The van der Waals surface area contributed by atoms with Gasteiger partial charge in [0, 0.05) is 18.9 Å². The van der Waals surface area contributed by atoms with Crippen LogP contribution in [0.2, 0.25) is 0 Å². The molecule has 2 aromatic rings. The number of hydrogen-bond donors (Lipinski definition) is 2. The van der Waals surface area contributed by atoms with Crippen molar-refractivity contribution in [1.29, 1.82) is 0 Å². The molecule has 0 aliphatic heterocycles. The van der Waals surface area contributed by atoms with Crippen LogP contribution in [0, 0.1) is 5.82 Å². The highest BCUT2D eigenvalue weighted by Gasteiger charge is 2.31. The van der Waals surface area contributed by atoms with Crippen molar-refractivity contribution in [1.82, 2.24) is 9.78 Å². The van der Waals surface area contributed by atoms with E-state index in [9.17, 15) is 22.7 Å². The van der Waals surface area contributed by atoms with Gasteiger partial charge in [-0.2, -0.15) is 18.3 Å². The molecule has 1 atom stereocenters. The summed E-state index contributed by atoms with van der Waals surface area (Å²) in [5.41, 5.74) is -1.25. The first kappa shape index (κ1) is 15.3. The van der Waals surface area contributed by atoms with E-state index in [2.05, 4.69) is 10.4 Å². The van der Waals surface area contributed by atoms with E-state index in [0.29, 0.717) is 12.1 Å². The third kappa shape index (κ3) is 4.19. The number of aromatic nitrogens is 2. The molecule has 2 rings (SSSR count). The van der Waals surface area contributed by atoms with Crippen LogP contribution in [0.3, 0.4) is 0 Å². The first-order chi connectivity index (χ1) is 9.86. The van der Waals surface area contributed by atoms with Crippen molar-refractivity contribution >= 4 is 5.69 Å². The number of nitrogens with zero attached hydrogens (tertiary/aromatic N) is 2. The molecule has 0 radical (unpaired) electrons. The van der Waals surface area contributed by atoms with Crippen LogP contribution in [0.1, 0.15) is 5.56 Å². The van der Waals surface area contributed by atoms with Crippen molar-refractivity contribution in [3.05, 3.63) is 48.0 Å². The summed E-state index contributed by atoms with van der Waals surface area (Å²) in [5, 5.41) is 16.1. The highest BCUT2D eigenvalue weighted by Crippen LogP contribution is 2.31. The van der Waals surface area contributed by atoms with Gasteiger partial charge in [0.1, 0.15) is 5.82 Å². The van der Waals surface area contributed by atoms with Crippen LogP contribution < -0.4 is 5.32 Å². The van der Waals surface area contributed by atoms with Gasteiger partial charge in [0.25, 0.3) is 0 Å². The minimum absolute atomic E-state index is 0.0991. The molecule has 0 aliphatic rings. The molecule has 4 nitrogen and oxygen atoms in total. The lowest BCUT2D eigenvalue weighted by molar-refractivity contribution is -0.137. The quantitative estimate of drug-likeness (QED) is 0.835. The second-order valence-corrected chi connectivity index (χ2v) is 4.46. The molecule has 0 bridgehead atoms. The van der Waals surface area contributed by atoms with Crippen molar-refractivity contribution in [2.75, 3.05) is 11.9 Å². The Kier molecular flexibility index (Phi) is 4.46. The molecule has 0 saturated heterocycles. The number of hydrogen-bond acceptors (Lipinski definition) is 3. The first-order valence-corrected chi connectivity index (χ1v) is 6.12. The number of alkyl halides is 3. The molecule has 1 heterocycles. The summed E-state index contributed by atoms with van der Waals surface area (Å²) in [6, 6.07) is 3.76. The van der Waals surface area contributed by atoms with E-state index >= 15 is 0 Å². The molecular weight excluding hydrogens is 290 g/mol. The lowest BCUT2D eigenvalue weighted by atomic mass is 10.2. The Hall–Kier alpha value is -2.09. The SMILES string of the molecule is OC(CNc1cc(C(F)(F)F)ccc1F)Cn1cccn1. The Balaban J connectivity index is 1.99. The maximum absolute atomic E-state index is 13.5. The van der Waals surface area contributed by atoms with Crippen LogP contribution in [0.5, 0.6) is 0 Å². The summed E-state index contributed by atoms with van der Waals surface area (Å²) in [5.74, 6) is -0.811. The van der Waals surface area contributed by atoms with Crippen LogP contribution in [-0.2, 0) is 12.7 Å². The van der Waals surface area contributed by atoms with Gasteiger partial charge < -0.3 is 10.4 Å². The van der Waals surface area contributed by atoms with Gasteiger partial charge in [0.2, 0.25) is 0 Å². The molecule has 0 spiro atoms. The van der Waals surface area contributed by atoms with Crippen molar-refractivity contribution < 1.29 is 22.7 Å². The molecule has 1 aromatic heterocycles.